The van der Waals surface area contributed by atoms with Gasteiger partial charge in [0.05, 0.1) is 5.25 Å². The van der Waals surface area contributed by atoms with Crippen LogP contribution in [0.2, 0.25) is 0 Å². The number of primary amides is 1. The van der Waals surface area contributed by atoms with Crippen LogP contribution in [0, 0.1) is 6.92 Å². The number of carbonyl (C=O) groups is 2. The van der Waals surface area contributed by atoms with Gasteiger partial charge in [-0.15, -0.1) is 11.8 Å². The number of urea groups is 1. The van der Waals surface area contributed by atoms with Crippen LogP contribution >= 0.6 is 11.8 Å². The average molecular weight is 253 g/mol. The average Bonchev–Trinajstić information content (AvgIpc) is 2.21. The van der Waals surface area contributed by atoms with Gasteiger partial charge >= 0.3 is 6.03 Å². The zero-order chi connectivity index (χ0) is 13.0. The summed E-state index contributed by atoms with van der Waals surface area (Å²) >= 11 is 1.28. The van der Waals surface area contributed by atoms with Crippen molar-refractivity contribution < 1.29 is 9.59 Å². The van der Waals surface area contributed by atoms with Gasteiger partial charge in [-0.05, 0) is 31.5 Å². The van der Waals surface area contributed by atoms with Crippen molar-refractivity contribution in [1.82, 2.24) is 5.32 Å². The highest BCUT2D eigenvalue weighted by Gasteiger charge is 2.16. The van der Waals surface area contributed by atoms with Crippen molar-refractivity contribution in [2.75, 3.05) is 5.73 Å². The maximum Gasteiger partial charge on any atom is 0.318 e. The van der Waals surface area contributed by atoms with Gasteiger partial charge < -0.3 is 11.5 Å². The smallest absolute Gasteiger partial charge is 0.318 e. The number of thioether (sulfide) groups is 1. The van der Waals surface area contributed by atoms with E-state index in [9.17, 15) is 9.59 Å². The van der Waals surface area contributed by atoms with Crippen LogP contribution in [0.4, 0.5) is 10.5 Å². The highest BCUT2D eigenvalue weighted by Crippen LogP contribution is 2.29. The molecule has 0 saturated heterocycles. The second-order valence-electron chi connectivity index (χ2n) is 3.65. The first-order chi connectivity index (χ1) is 7.90. The summed E-state index contributed by atoms with van der Waals surface area (Å²) in [5.41, 5.74) is 12.4. The molecule has 1 aromatic rings. The van der Waals surface area contributed by atoms with Gasteiger partial charge in [0, 0.05) is 10.6 Å². The van der Waals surface area contributed by atoms with Gasteiger partial charge in [-0.25, -0.2) is 4.79 Å². The van der Waals surface area contributed by atoms with Gasteiger partial charge in [-0.3, -0.25) is 10.1 Å². The molecular weight excluding hydrogens is 238 g/mol. The SMILES string of the molecule is Cc1ccc(SC(C)C(=O)NC(N)=O)c(N)c1. The normalized spacial score (nSPS) is 11.9. The number of carbonyl (C=O) groups excluding carboxylic acids is 2. The Bertz CT molecular complexity index is 448. The molecule has 0 aliphatic heterocycles. The lowest BCUT2D eigenvalue weighted by Gasteiger charge is -2.12. The topological polar surface area (TPSA) is 98.2 Å². The molecule has 0 fully saturated rings. The zero-order valence-electron chi connectivity index (χ0n) is 9.69. The molecule has 0 aliphatic carbocycles. The number of nitrogen functional groups attached to an aromatic ring is 1. The molecule has 1 rings (SSSR count). The van der Waals surface area contributed by atoms with E-state index in [1.54, 1.807) is 6.92 Å². The summed E-state index contributed by atoms with van der Waals surface area (Å²) in [6.45, 7) is 3.62. The quantitative estimate of drug-likeness (QED) is 0.557. The fraction of sp³-hybridized carbons (Fsp3) is 0.273. The van der Waals surface area contributed by atoms with E-state index in [4.69, 9.17) is 11.5 Å². The van der Waals surface area contributed by atoms with E-state index in [-0.39, 0.29) is 0 Å². The van der Waals surface area contributed by atoms with E-state index in [2.05, 4.69) is 0 Å². The Labute approximate surface area is 104 Å². The van der Waals surface area contributed by atoms with Crippen LogP contribution in [0.15, 0.2) is 23.1 Å². The molecule has 5 N–H and O–H groups in total. The first-order valence-corrected chi connectivity index (χ1v) is 5.91. The number of amides is 3. The minimum Gasteiger partial charge on any atom is -0.398 e. The van der Waals surface area contributed by atoms with E-state index >= 15 is 0 Å². The van der Waals surface area contributed by atoms with Crippen molar-refractivity contribution in [2.24, 2.45) is 5.73 Å². The van der Waals surface area contributed by atoms with Gasteiger partial charge in [0.1, 0.15) is 0 Å². The summed E-state index contributed by atoms with van der Waals surface area (Å²) in [4.78, 5) is 22.8. The van der Waals surface area contributed by atoms with E-state index in [0.29, 0.717) is 5.69 Å². The number of benzene rings is 1. The fourth-order valence-electron chi connectivity index (χ4n) is 1.24. The van der Waals surface area contributed by atoms with Crippen LogP contribution in [-0.2, 0) is 4.79 Å². The molecule has 0 aromatic heterocycles. The number of aryl methyl sites for hydroxylation is 1. The molecule has 92 valence electrons. The molecule has 0 heterocycles. The van der Waals surface area contributed by atoms with Crippen LogP contribution < -0.4 is 16.8 Å². The van der Waals surface area contributed by atoms with E-state index in [1.807, 2.05) is 30.4 Å². The number of hydrogen-bond acceptors (Lipinski definition) is 4. The van der Waals surface area contributed by atoms with Crippen LogP contribution in [0.5, 0.6) is 0 Å². The maximum absolute atomic E-state index is 11.5. The Balaban J connectivity index is 2.70. The highest BCUT2D eigenvalue weighted by atomic mass is 32.2. The lowest BCUT2D eigenvalue weighted by molar-refractivity contribution is -0.119. The molecular formula is C11H15N3O2S. The second kappa shape index (κ2) is 5.58. The minimum absolute atomic E-state index is 0.428. The van der Waals surface area contributed by atoms with Crippen molar-refractivity contribution in [3.05, 3.63) is 23.8 Å². The molecule has 0 aliphatic rings. The second-order valence-corrected chi connectivity index (χ2v) is 5.04. The maximum atomic E-state index is 11.5. The minimum atomic E-state index is -0.848. The number of imide groups is 1. The van der Waals surface area contributed by atoms with E-state index in [0.717, 1.165) is 10.5 Å². The molecule has 1 aromatic carbocycles. The van der Waals surface area contributed by atoms with Crippen molar-refractivity contribution in [3.63, 3.8) is 0 Å². The third-order valence-electron chi connectivity index (χ3n) is 2.08. The predicted molar refractivity (Wildman–Crippen MR) is 68.6 cm³/mol. The Morgan fingerprint density at radius 3 is 2.59 bits per heavy atom. The van der Waals surface area contributed by atoms with E-state index in [1.165, 1.54) is 11.8 Å². The molecule has 0 bridgehead atoms. The summed E-state index contributed by atoms with van der Waals surface area (Å²) in [7, 11) is 0. The molecule has 5 nitrogen and oxygen atoms in total. The van der Waals surface area contributed by atoms with Crippen LogP contribution in [0.25, 0.3) is 0 Å². The van der Waals surface area contributed by atoms with Crippen LogP contribution in [0.3, 0.4) is 0 Å². The van der Waals surface area contributed by atoms with Gasteiger partial charge in [0.15, 0.2) is 0 Å². The molecule has 17 heavy (non-hydrogen) atoms. The molecule has 6 heteroatoms. The predicted octanol–water partition coefficient (Wildman–Crippen LogP) is 1.25. The lowest BCUT2D eigenvalue weighted by atomic mass is 10.2. The standard InChI is InChI=1S/C11H15N3O2S/c1-6-3-4-9(8(12)5-6)17-7(2)10(15)14-11(13)16/h3-5,7H,12H2,1-2H3,(H3,13,14,15,16). The largest absolute Gasteiger partial charge is 0.398 e. The highest BCUT2D eigenvalue weighted by molar-refractivity contribution is 8.00. The Hall–Kier alpha value is -1.69. The van der Waals surface area contributed by atoms with Crippen molar-refractivity contribution >= 4 is 29.4 Å². The number of nitrogens with two attached hydrogens (primary N) is 2. The number of hydrogen-bond donors (Lipinski definition) is 3. The summed E-state index contributed by atoms with van der Waals surface area (Å²) in [6, 6.07) is 4.75. The summed E-state index contributed by atoms with van der Waals surface area (Å²) in [5, 5.41) is 1.59. The zero-order valence-corrected chi connectivity index (χ0v) is 10.5. The number of anilines is 1. The first kappa shape index (κ1) is 13.4. The Morgan fingerprint density at radius 1 is 1.41 bits per heavy atom. The molecule has 1 unspecified atom stereocenters. The van der Waals surface area contributed by atoms with Crippen molar-refractivity contribution in [1.29, 1.82) is 0 Å². The van der Waals surface area contributed by atoms with Gasteiger partial charge in [-0.2, -0.15) is 0 Å². The Morgan fingerprint density at radius 2 is 2.06 bits per heavy atom. The van der Waals surface area contributed by atoms with Crippen LogP contribution in [0.1, 0.15) is 12.5 Å². The monoisotopic (exact) mass is 253 g/mol. The lowest BCUT2D eigenvalue weighted by Crippen LogP contribution is -2.39. The first-order valence-electron chi connectivity index (χ1n) is 5.03. The van der Waals surface area contributed by atoms with Gasteiger partial charge in [0.2, 0.25) is 5.91 Å². The van der Waals surface area contributed by atoms with Crippen molar-refractivity contribution in [2.45, 2.75) is 24.0 Å². The summed E-state index contributed by atoms with van der Waals surface area (Å²) in [6.07, 6.45) is 0. The molecule has 0 radical (unpaired) electrons. The molecule has 0 saturated carbocycles. The van der Waals surface area contributed by atoms with E-state index < -0.39 is 17.2 Å². The van der Waals surface area contributed by atoms with Crippen LogP contribution in [-0.4, -0.2) is 17.2 Å². The van der Waals surface area contributed by atoms with Crippen molar-refractivity contribution in [3.8, 4) is 0 Å². The molecule has 1 atom stereocenters. The third-order valence-corrected chi connectivity index (χ3v) is 3.28. The molecule has 3 amide bonds. The van der Waals surface area contributed by atoms with Gasteiger partial charge in [0.25, 0.3) is 0 Å². The third kappa shape index (κ3) is 3.99. The fourth-order valence-corrected chi connectivity index (χ4v) is 2.13. The number of nitrogens with one attached hydrogen (secondary N) is 1. The Kier molecular flexibility index (Phi) is 4.39. The number of rotatable bonds is 3. The molecule has 0 spiro atoms. The summed E-state index contributed by atoms with van der Waals surface area (Å²) in [5.74, 6) is -0.428. The summed E-state index contributed by atoms with van der Waals surface area (Å²) < 4.78 is 0. The van der Waals surface area contributed by atoms with Gasteiger partial charge in [-0.1, -0.05) is 6.07 Å².